The first-order valence-corrected chi connectivity index (χ1v) is 6.39. The second-order valence-corrected chi connectivity index (χ2v) is 5.73. The van der Waals surface area contributed by atoms with Gasteiger partial charge in [0.2, 0.25) is 0 Å². The molecule has 104 valence electrons. The monoisotopic (exact) mass is 257 g/mol. The predicted molar refractivity (Wildman–Crippen MR) is 67.1 cm³/mol. The highest BCUT2D eigenvalue weighted by molar-refractivity contribution is 5.73. The van der Waals surface area contributed by atoms with E-state index in [1.54, 1.807) is 0 Å². The zero-order valence-electron chi connectivity index (χ0n) is 11.6. The number of ether oxygens (including phenoxy) is 2. The van der Waals surface area contributed by atoms with E-state index < -0.39 is 11.7 Å². The lowest BCUT2D eigenvalue weighted by Crippen LogP contribution is -2.42. The molecule has 0 bridgehead atoms. The molecule has 0 aromatic carbocycles. The van der Waals surface area contributed by atoms with Gasteiger partial charge in [-0.1, -0.05) is 6.42 Å². The number of esters is 1. The van der Waals surface area contributed by atoms with Gasteiger partial charge in [-0.3, -0.25) is 4.79 Å². The number of hydrogen-bond donors (Lipinski definition) is 1. The number of rotatable bonds is 2. The topological polar surface area (TPSA) is 64.6 Å². The van der Waals surface area contributed by atoms with E-state index >= 15 is 0 Å². The highest BCUT2D eigenvalue weighted by Gasteiger charge is 2.29. The molecule has 0 spiro atoms. The van der Waals surface area contributed by atoms with Gasteiger partial charge in [-0.05, 0) is 40.0 Å². The SMILES string of the molecule is COC(=O)[C@@H]1CCC[C@@H](NC(=O)OC(C)(C)C)C1. The molecule has 1 aliphatic rings. The third kappa shape index (κ3) is 4.94. The van der Waals surface area contributed by atoms with Crippen LogP contribution in [0.15, 0.2) is 0 Å². The van der Waals surface area contributed by atoms with E-state index in [0.29, 0.717) is 6.42 Å². The molecule has 1 aliphatic carbocycles. The van der Waals surface area contributed by atoms with E-state index in [1.165, 1.54) is 7.11 Å². The standard InChI is InChI=1S/C13H23NO4/c1-13(2,3)18-12(16)14-10-7-5-6-9(8-10)11(15)17-4/h9-10H,5-8H2,1-4H3,(H,14,16)/t9-,10-/m1/s1. The molecule has 18 heavy (non-hydrogen) atoms. The van der Waals surface area contributed by atoms with Crippen LogP contribution in [-0.4, -0.2) is 30.8 Å². The van der Waals surface area contributed by atoms with Crippen LogP contribution < -0.4 is 5.32 Å². The van der Waals surface area contributed by atoms with Crippen LogP contribution in [0.5, 0.6) is 0 Å². The summed E-state index contributed by atoms with van der Waals surface area (Å²) < 4.78 is 9.94. The van der Waals surface area contributed by atoms with E-state index in [4.69, 9.17) is 9.47 Å². The van der Waals surface area contributed by atoms with Gasteiger partial charge in [0.15, 0.2) is 0 Å². The van der Waals surface area contributed by atoms with E-state index in [1.807, 2.05) is 20.8 Å². The highest BCUT2D eigenvalue weighted by atomic mass is 16.6. The highest BCUT2D eigenvalue weighted by Crippen LogP contribution is 2.25. The molecule has 0 aromatic heterocycles. The van der Waals surface area contributed by atoms with Crippen molar-refractivity contribution in [2.75, 3.05) is 7.11 Å². The maximum atomic E-state index is 11.6. The van der Waals surface area contributed by atoms with E-state index in [-0.39, 0.29) is 17.9 Å². The largest absolute Gasteiger partial charge is 0.469 e. The molecule has 0 radical (unpaired) electrons. The molecule has 1 amide bonds. The van der Waals surface area contributed by atoms with E-state index in [2.05, 4.69) is 5.32 Å². The Bertz CT molecular complexity index is 309. The van der Waals surface area contributed by atoms with Crippen LogP contribution in [0.3, 0.4) is 0 Å². The van der Waals surface area contributed by atoms with Crippen molar-refractivity contribution in [3.63, 3.8) is 0 Å². The van der Waals surface area contributed by atoms with Gasteiger partial charge in [0.05, 0.1) is 13.0 Å². The Morgan fingerprint density at radius 1 is 1.22 bits per heavy atom. The Morgan fingerprint density at radius 2 is 1.89 bits per heavy atom. The molecule has 0 aromatic rings. The Labute approximate surface area is 108 Å². The minimum absolute atomic E-state index is 0.00213. The lowest BCUT2D eigenvalue weighted by Gasteiger charge is -2.29. The number of nitrogens with one attached hydrogen (secondary N) is 1. The normalized spacial score (nSPS) is 24.2. The molecule has 0 unspecified atom stereocenters. The fourth-order valence-electron chi connectivity index (χ4n) is 2.18. The van der Waals surface area contributed by atoms with Crippen molar-refractivity contribution >= 4 is 12.1 Å². The Kier molecular flexibility index (Phi) is 4.99. The third-order valence-electron chi connectivity index (χ3n) is 2.93. The van der Waals surface area contributed by atoms with Crippen molar-refractivity contribution in [2.24, 2.45) is 5.92 Å². The average molecular weight is 257 g/mol. The Balaban J connectivity index is 2.43. The van der Waals surface area contributed by atoms with Crippen molar-refractivity contribution in [3.05, 3.63) is 0 Å². The van der Waals surface area contributed by atoms with Crippen LogP contribution in [0.25, 0.3) is 0 Å². The fraction of sp³-hybridized carbons (Fsp3) is 0.846. The summed E-state index contributed by atoms with van der Waals surface area (Å²) in [5, 5.41) is 2.82. The minimum atomic E-state index is -0.500. The molecule has 1 fully saturated rings. The molecule has 5 nitrogen and oxygen atoms in total. The van der Waals surface area contributed by atoms with Crippen molar-refractivity contribution in [1.29, 1.82) is 0 Å². The summed E-state index contributed by atoms with van der Waals surface area (Å²) in [5.74, 6) is -0.297. The molecule has 0 heterocycles. The molecule has 1 N–H and O–H groups in total. The van der Waals surface area contributed by atoms with E-state index in [0.717, 1.165) is 19.3 Å². The second kappa shape index (κ2) is 6.07. The first-order valence-electron chi connectivity index (χ1n) is 6.39. The number of methoxy groups -OCH3 is 1. The first kappa shape index (κ1) is 14.8. The molecular weight excluding hydrogens is 234 g/mol. The van der Waals surface area contributed by atoms with Gasteiger partial charge in [-0.2, -0.15) is 0 Å². The van der Waals surface area contributed by atoms with Gasteiger partial charge < -0.3 is 14.8 Å². The quantitative estimate of drug-likeness (QED) is 0.770. The lowest BCUT2D eigenvalue weighted by atomic mass is 9.86. The van der Waals surface area contributed by atoms with Gasteiger partial charge in [-0.15, -0.1) is 0 Å². The summed E-state index contributed by atoms with van der Waals surface area (Å²) in [4.78, 5) is 23.1. The number of carbonyl (C=O) groups is 2. The summed E-state index contributed by atoms with van der Waals surface area (Å²) >= 11 is 0. The molecular formula is C13H23NO4. The zero-order valence-corrected chi connectivity index (χ0v) is 11.6. The summed E-state index contributed by atoms with van der Waals surface area (Å²) in [6, 6.07) is -0.00213. The maximum Gasteiger partial charge on any atom is 0.407 e. The average Bonchev–Trinajstić information content (AvgIpc) is 2.25. The molecule has 1 saturated carbocycles. The van der Waals surface area contributed by atoms with Crippen LogP contribution >= 0.6 is 0 Å². The number of alkyl carbamates (subject to hydrolysis) is 1. The van der Waals surface area contributed by atoms with Gasteiger partial charge in [0.25, 0.3) is 0 Å². The molecule has 0 saturated heterocycles. The zero-order chi connectivity index (χ0) is 13.8. The van der Waals surface area contributed by atoms with Crippen molar-refractivity contribution in [2.45, 2.75) is 58.1 Å². The summed E-state index contributed by atoms with van der Waals surface area (Å²) in [7, 11) is 1.40. The summed E-state index contributed by atoms with van der Waals surface area (Å²) in [5.41, 5.74) is -0.500. The van der Waals surface area contributed by atoms with Gasteiger partial charge in [-0.25, -0.2) is 4.79 Å². The Morgan fingerprint density at radius 3 is 2.44 bits per heavy atom. The van der Waals surface area contributed by atoms with Crippen molar-refractivity contribution < 1.29 is 19.1 Å². The van der Waals surface area contributed by atoms with Gasteiger partial charge in [0, 0.05) is 6.04 Å². The third-order valence-corrected chi connectivity index (χ3v) is 2.93. The smallest absolute Gasteiger partial charge is 0.407 e. The maximum absolute atomic E-state index is 11.6. The summed E-state index contributed by atoms with van der Waals surface area (Å²) in [6.45, 7) is 5.47. The molecule has 5 heteroatoms. The van der Waals surface area contributed by atoms with Crippen molar-refractivity contribution in [3.8, 4) is 0 Å². The molecule has 2 atom stereocenters. The van der Waals surface area contributed by atoms with E-state index in [9.17, 15) is 9.59 Å². The van der Waals surface area contributed by atoms with Gasteiger partial charge in [0.1, 0.15) is 5.60 Å². The number of carbonyl (C=O) groups excluding carboxylic acids is 2. The van der Waals surface area contributed by atoms with Crippen LogP contribution in [0.4, 0.5) is 4.79 Å². The van der Waals surface area contributed by atoms with Crippen LogP contribution in [0.1, 0.15) is 46.5 Å². The first-order chi connectivity index (χ1) is 8.31. The van der Waals surface area contributed by atoms with Crippen molar-refractivity contribution in [1.82, 2.24) is 5.32 Å². The number of hydrogen-bond acceptors (Lipinski definition) is 4. The molecule has 0 aliphatic heterocycles. The van der Waals surface area contributed by atoms with Crippen LogP contribution in [0, 0.1) is 5.92 Å². The minimum Gasteiger partial charge on any atom is -0.469 e. The van der Waals surface area contributed by atoms with Gasteiger partial charge >= 0.3 is 12.1 Å². The second-order valence-electron chi connectivity index (χ2n) is 5.73. The van der Waals surface area contributed by atoms with Crippen LogP contribution in [-0.2, 0) is 14.3 Å². The summed E-state index contributed by atoms with van der Waals surface area (Å²) in [6.07, 6.45) is 2.84. The lowest BCUT2D eigenvalue weighted by molar-refractivity contribution is -0.146. The molecule has 1 rings (SSSR count). The predicted octanol–water partition coefficient (Wildman–Crippen LogP) is 2.24. The number of amides is 1. The van der Waals surface area contributed by atoms with Crippen LogP contribution in [0.2, 0.25) is 0 Å². The fourth-order valence-corrected chi connectivity index (χ4v) is 2.18. The Hall–Kier alpha value is -1.26.